The van der Waals surface area contributed by atoms with Crippen LogP contribution in [0.25, 0.3) is 0 Å². The standard InChI is InChI=1S/C19H24BrNO4S/c1-2-24-17(23)16-21-14(10-26-16)9-25-15(22)8-18-4-12-3-13(5-18)7-19(20,6-12)11-18/h10,12-13H,2-9,11H2,1H3. The fourth-order valence-electron chi connectivity index (χ4n) is 5.71. The summed E-state index contributed by atoms with van der Waals surface area (Å²) in [4.78, 5) is 28.3. The van der Waals surface area contributed by atoms with E-state index in [-0.39, 0.29) is 22.3 Å². The molecule has 0 aromatic carbocycles. The molecule has 0 radical (unpaired) electrons. The van der Waals surface area contributed by atoms with E-state index in [0.717, 1.165) is 31.1 Å². The SMILES string of the molecule is CCOC(=O)c1nc(COC(=O)CC23CC4CC(CC(Br)(C4)C2)C3)cs1. The van der Waals surface area contributed by atoms with Crippen LogP contribution >= 0.6 is 27.3 Å². The third kappa shape index (κ3) is 3.70. The summed E-state index contributed by atoms with van der Waals surface area (Å²) >= 11 is 5.20. The van der Waals surface area contributed by atoms with Crippen molar-refractivity contribution in [1.29, 1.82) is 0 Å². The summed E-state index contributed by atoms with van der Waals surface area (Å²) in [6.45, 7) is 2.20. The first-order valence-electron chi connectivity index (χ1n) is 9.35. The van der Waals surface area contributed by atoms with Gasteiger partial charge >= 0.3 is 11.9 Å². The zero-order valence-electron chi connectivity index (χ0n) is 15.0. The van der Waals surface area contributed by atoms with E-state index >= 15 is 0 Å². The Bertz CT molecular complexity index is 704. The van der Waals surface area contributed by atoms with Crippen molar-refractivity contribution in [3.8, 4) is 0 Å². The maximum absolute atomic E-state index is 12.5. The van der Waals surface area contributed by atoms with E-state index in [2.05, 4.69) is 20.9 Å². The molecule has 4 saturated carbocycles. The van der Waals surface area contributed by atoms with Crippen LogP contribution in [-0.4, -0.2) is 27.9 Å². The second kappa shape index (κ2) is 6.89. The first kappa shape index (κ1) is 18.4. The molecule has 5 nitrogen and oxygen atoms in total. The zero-order valence-corrected chi connectivity index (χ0v) is 17.4. The maximum atomic E-state index is 12.5. The van der Waals surface area contributed by atoms with Gasteiger partial charge in [-0.2, -0.15) is 0 Å². The normalized spacial score (nSPS) is 34.7. The number of aromatic nitrogens is 1. The molecule has 0 amide bonds. The number of esters is 2. The van der Waals surface area contributed by atoms with Crippen molar-refractivity contribution in [3.05, 3.63) is 16.1 Å². The van der Waals surface area contributed by atoms with Crippen LogP contribution in [0.1, 0.15) is 67.4 Å². The first-order valence-corrected chi connectivity index (χ1v) is 11.0. The fraction of sp³-hybridized carbons (Fsp3) is 0.737. The largest absolute Gasteiger partial charge is 0.461 e. The van der Waals surface area contributed by atoms with Crippen molar-refractivity contribution < 1.29 is 19.1 Å². The number of ether oxygens (including phenoxy) is 2. The molecule has 0 saturated heterocycles. The monoisotopic (exact) mass is 441 g/mol. The van der Waals surface area contributed by atoms with Gasteiger partial charge in [-0.3, -0.25) is 4.79 Å². The van der Waals surface area contributed by atoms with Gasteiger partial charge in [0.05, 0.1) is 18.7 Å². The van der Waals surface area contributed by atoms with Crippen LogP contribution in [0, 0.1) is 17.3 Å². The molecule has 2 unspecified atom stereocenters. The summed E-state index contributed by atoms with van der Waals surface area (Å²) in [6.07, 6.45) is 7.77. The third-order valence-corrected chi connectivity index (χ3v) is 7.81. The number of thiazole rings is 1. The molecule has 26 heavy (non-hydrogen) atoms. The summed E-state index contributed by atoms with van der Waals surface area (Å²) in [5.74, 6) is 0.947. The molecular formula is C19H24BrNO4S. The van der Waals surface area contributed by atoms with E-state index in [4.69, 9.17) is 9.47 Å². The molecule has 4 bridgehead atoms. The van der Waals surface area contributed by atoms with Crippen LogP contribution in [0.4, 0.5) is 0 Å². The van der Waals surface area contributed by atoms with Crippen molar-refractivity contribution in [1.82, 2.24) is 4.98 Å². The van der Waals surface area contributed by atoms with Crippen LogP contribution in [-0.2, 0) is 20.9 Å². The first-order chi connectivity index (χ1) is 12.4. The number of nitrogens with zero attached hydrogens (tertiary/aromatic N) is 1. The molecule has 5 rings (SSSR count). The summed E-state index contributed by atoms with van der Waals surface area (Å²) in [5.41, 5.74) is 0.719. The number of hydrogen-bond acceptors (Lipinski definition) is 6. The number of halogens is 1. The molecule has 1 aromatic heterocycles. The smallest absolute Gasteiger partial charge is 0.367 e. The minimum Gasteiger partial charge on any atom is -0.461 e. The van der Waals surface area contributed by atoms with Crippen molar-refractivity contribution in [3.63, 3.8) is 0 Å². The third-order valence-electron chi connectivity index (χ3n) is 6.01. The highest BCUT2D eigenvalue weighted by Gasteiger charge is 2.57. The van der Waals surface area contributed by atoms with Gasteiger partial charge in [0.2, 0.25) is 5.01 Å². The van der Waals surface area contributed by atoms with Crippen molar-refractivity contribution >= 4 is 39.2 Å². The topological polar surface area (TPSA) is 65.5 Å². The van der Waals surface area contributed by atoms with Crippen molar-refractivity contribution in [2.24, 2.45) is 17.3 Å². The summed E-state index contributed by atoms with van der Waals surface area (Å²) in [5, 5.41) is 2.05. The summed E-state index contributed by atoms with van der Waals surface area (Å²) < 4.78 is 10.7. The van der Waals surface area contributed by atoms with Crippen LogP contribution in [0.15, 0.2) is 5.38 Å². The average Bonchev–Trinajstić information content (AvgIpc) is 2.99. The highest BCUT2D eigenvalue weighted by atomic mass is 79.9. The highest BCUT2D eigenvalue weighted by Crippen LogP contribution is 2.65. The minimum absolute atomic E-state index is 0.114. The van der Waals surface area contributed by atoms with Gasteiger partial charge in [-0.1, -0.05) is 15.9 Å². The lowest BCUT2D eigenvalue weighted by Crippen LogP contribution is -2.53. The second-order valence-corrected chi connectivity index (χ2v) is 10.9. The summed E-state index contributed by atoms with van der Waals surface area (Å²) in [6, 6.07) is 0. The molecule has 0 spiro atoms. The van der Waals surface area contributed by atoms with E-state index in [9.17, 15) is 9.59 Å². The van der Waals surface area contributed by atoms with Crippen LogP contribution in [0.5, 0.6) is 0 Å². The van der Waals surface area contributed by atoms with Crippen molar-refractivity contribution in [2.75, 3.05) is 6.61 Å². The Morgan fingerprint density at radius 3 is 2.65 bits per heavy atom. The van der Waals surface area contributed by atoms with Crippen LogP contribution in [0.2, 0.25) is 0 Å². The van der Waals surface area contributed by atoms with Gasteiger partial charge in [0.15, 0.2) is 0 Å². The maximum Gasteiger partial charge on any atom is 0.367 e. The molecule has 0 aliphatic heterocycles. The lowest BCUT2D eigenvalue weighted by Gasteiger charge is -2.60. The number of carbonyl (C=O) groups is 2. The van der Waals surface area contributed by atoms with Gasteiger partial charge in [0.1, 0.15) is 6.61 Å². The summed E-state index contributed by atoms with van der Waals surface area (Å²) in [7, 11) is 0. The highest BCUT2D eigenvalue weighted by molar-refractivity contribution is 9.10. The Morgan fingerprint density at radius 1 is 1.27 bits per heavy atom. The number of rotatable bonds is 6. The van der Waals surface area contributed by atoms with Crippen LogP contribution < -0.4 is 0 Å². The lowest BCUT2D eigenvalue weighted by molar-refractivity contribution is -0.152. The molecule has 142 valence electrons. The molecule has 2 atom stereocenters. The van der Waals surface area contributed by atoms with E-state index in [1.807, 2.05) is 0 Å². The fourth-order valence-corrected chi connectivity index (χ4v) is 7.92. The number of hydrogen-bond donors (Lipinski definition) is 0. The molecule has 0 N–H and O–H groups in total. The quantitative estimate of drug-likeness (QED) is 0.480. The molecule has 1 heterocycles. The second-order valence-electron chi connectivity index (χ2n) is 8.31. The van der Waals surface area contributed by atoms with Crippen LogP contribution in [0.3, 0.4) is 0 Å². The van der Waals surface area contributed by atoms with Gasteiger partial charge in [0, 0.05) is 9.70 Å². The zero-order chi connectivity index (χ0) is 18.4. The minimum atomic E-state index is -0.425. The van der Waals surface area contributed by atoms with Gasteiger partial charge < -0.3 is 9.47 Å². The molecule has 7 heteroatoms. The van der Waals surface area contributed by atoms with E-state index in [1.165, 1.54) is 30.6 Å². The predicted octanol–water partition coefficient (Wildman–Crippen LogP) is 4.49. The molecule has 4 fully saturated rings. The Labute approximate surface area is 166 Å². The Hall–Kier alpha value is -0.950. The van der Waals surface area contributed by atoms with E-state index in [0.29, 0.717) is 23.7 Å². The van der Waals surface area contributed by atoms with E-state index < -0.39 is 5.97 Å². The number of carbonyl (C=O) groups excluding carboxylic acids is 2. The number of alkyl halides is 1. The van der Waals surface area contributed by atoms with Crippen molar-refractivity contribution in [2.45, 2.75) is 62.8 Å². The molecule has 4 aliphatic carbocycles. The van der Waals surface area contributed by atoms with Gasteiger partial charge in [-0.05, 0) is 62.7 Å². The Balaban J connectivity index is 1.33. The van der Waals surface area contributed by atoms with Gasteiger partial charge in [-0.25, -0.2) is 9.78 Å². The Morgan fingerprint density at radius 2 is 2.00 bits per heavy atom. The van der Waals surface area contributed by atoms with Gasteiger partial charge in [0.25, 0.3) is 0 Å². The molecular weight excluding hydrogens is 418 g/mol. The average molecular weight is 442 g/mol. The molecule has 4 aliphatic rings. The lowest BCUT2D eigenvalue weighted by atomic mass is 9.49. The Kier molecular flexibility index (Phi) is 4.88. The van der Waals surface area contributed by atoms with Gasteiger partial charge in [-0.15, -0.1) is 11.3 Å². The predicted molar refractivity (Wildman–Crippen MR) is 101 cm³/mol. The molecule has 1 aromatic rings. The van der Waals surface area contributed by atoms with E-state index in [1.54, 1.807) is 12.3 Å².